The largest absolute Gasteiger partial charge is 0.368 e. The first kappa shape index (κ1) is 17.9. The highest BCUT2D eigenvalue weighted by Gasteiger charge is 2.23. The fourth-order valence-electron chi connectivity index (χ4n) is 3.23. The molecule has 0 saturated carbocycles. The van der Waals surface area contributed by atoms with Gasteiger partial charge < -0.3 is 15.1 Å². The van der Waals surface area contributed by atoms with Crippen LogP contribution in [0, 0.1) is 5.82 Å². The molecule has 0 radical (unpaired) electrons. The lowest BCUT2D eigenvalue weighted by Gasteiger charge is -2.36. The molecule has 1 aliphatic heterocycles. The number of nitrogens with zero attached hydrogens (tertiary/aromatic N) is 4. The molecule has 0 atom stereocenters. The summed E-state index contributed by atoms with van der Waals surface area (Å²) >= 11 is 0. The first-order valence-corrected chi connectivity index (χ1v) is 9.13. The van der Waals surface area contributed by atoms with Crippen LogP contribution in [0.1, 0.15) is 10.5 Å². The molecule has 2 heterocycles. The minimum absolute atomic E-state index is 0.127. The molecule has 1 saturated heterocycles. The van der Waals surface area contributed by atoms with E-state index >= 15 is 0 Å². The number of hydrogen-bond donors (Lipinski definition) is 1. The predicted octanol–water partition coefficient (Wildman–Crippen LogP) is 3.32. The van der Waals surface area contributed by atoms with Crippen LogP contribution in [-0.4, -0.2) is 47.0 Å². The number of amides is 1. The van der Waals surface area contributed by atoms with E-state index in [0.717, 1.165) is 13.1 Å². The maximum Gasteiger partial charge on any atom is 0.272 e. The van der Waals surface area contributed by atoms with Crippen molar-refractivity contribution in [2.75, 3.05) is 36.4 Å². The summed E-state index contributed by atoms with van der Waals surface area (Å²) in [5.74, 6) is -0.0177. The summed E-state index contributed by atoms with van der Waals surface area (Å²) in [4.78, 5) is 25.1. The van der Waals surface area contributed by atoms with Gasteiger partial charge in [0, 0.05) is 43.6 Å². The third-order valence-corrected chi connectivity index (χ3v) is 4.67. The summed E-state index contributed by atoms with van der Waals surface area (Å²) in [7, 11) is 0. The minimum Gasteiger partial charge on any atom is -0.368 e. The van der Waals surface area contributed by atoms with Crippen molar-refractivity contribution in [1.29, 1.82) is 0 Å². The zero-order chi connectivity index (χ0) is 19.3. The van der Waals surface area contributed by atoms with Gasteiger partial charge in [-0.15, -0.1) is 0 Å². The van der Waals surface area contributed by atoms with Crippen molar-refractivity contribution in [2.24, 2.45) is 0 Å². The zero-order valence-corrected chi connectivity index (χ0v) is 15.3. The Hall–Kier alpha value is -3.48. The minimum atomic E-state index is -0.341. The van der Waals surface area contributed by atoms with Gasteiger partial charge >= 0.3 is 0 Å². The van der Waals surface area contributed by atoms with Crippen LogP contribution in [0.25, 0.3) is 0 Å². The van der Waals surface area contributed by atoms with Crippen LogP contribution in [0.15, 0.2) is 67.0 Å². The van der Waals surface area contributed by atoms with Gasteiger partial charge in [-0.1, -0.05) is 24.3 Å². The normalized spacial score (nSPS) is 14.0. The molecular formula is C21H20FN5O. The summed E-state index contributed by atoms with van der Waals surface area (Å²) in [5.41, 5.74) is 2.05. The number of benzene rings is 2. The standard InChI is InChI=1S/C21H20FN5O/c22-16-5-4-6-17(13-16)25-20-14-19(23-15-24-20)21(28)27-11-9-26(10-12-27)18-7-2-1-3-8-18/h1-8,13-15H,9-12H2,(H,23,24,25). The Balaban J connectivity index is 1.41. The number of hydrogen-bond acceptors (Lipinski definition) is 5. The van der Waals surface area contributed by atoms with E-state index in [1.54, 1.807) is 23.1 Å². The van der Waals surface area contributed by atoms with Crippen LogP contribution in [0.4, 0.5) is 21.6 Å². The van der Waals surface area contributed by atoms with Gasteiger partial charge in [-0.25, -0.2) is 14.4 Å². The molecule has 1 aliphatic rings. The third kappa shape index (κ3) is 4.09. The van der Waals surface area contributed by atoms with Crippen molar-refractivity contribution >= 4 is 23.1 Å². The number of halogens is 1. The molecule has 3 aromatic rings. The van der Waals surface area contributed by atoms with Crippen LogP contribution in [-0.2, 0) is 0 Å². The first-order valence-electron chi connectivity index (χ1n) is 9.13. The molecule has 0 bridgehead atoms. The van der Waals surface area contributed by atoms with Gasteiger partial charge in [0.05, 0.1) is 0 Å². The quantitative estimate of drug-likeness (QED) is 0.756. The van der Waals surface area contributed by atoms with E-state index in [2.05, 4.69) is 32.3 Å². The highest BCUT2D eigenvalue weighted by atomic mass is 19.1. The van der Waals surface area contributed by atoms with E-state index in [0.29, 0.717) is 30.3 Å². The van der Waals surface area contributed by atoms with E-state index in [4.69, 9.17) is 0 Å². The van der Waals surface area contributed by atoms with Crippen LogP contribution in [0.5, 0.6) is 0 Å². The molecule has 0 spiro atoms. The molecule has 0 unspecified atom stereocenters. The maximum absolute atomic E-state index is 13.3. The first-order chi connectivity index (χ1) is 13.7. The molecule has 1 N–H and O–H groups in total. The highest BCUT2D eigenvalue weighted by Crippen LogP contribution is 2.18. The van der Waals surface area contributed by atoms with E-state index in [9.17, 15) is 9.18 Å². The summed E-state index contributed by atoms with van der Waals surface area (Å²) in [5, 5.41) is 3.00. The lowest BCUT2D eigenvalue weighted by Crippen LogP contribution is -2.49. The Bertz CT molecular complexity index is 958. The lowest BCUT2D eigenvalue weighted by atomic mass is 10.2. The average molecular weight is 377 g/mol. The Morgan fingerprint density at radius 3 is 2.46 bits per heavy atom. The highest BCUT2D eigenvalue weighted by molar-refractivity contribution is 5.93. The van der Waals surface area contributed by atoms with Crippen LogP contribution < -0.4 is 10.2 Å². The lowest BCUT2D eigenvalue weighted by molar-refractivity contribution is 0.0740. The molecular weight excluding hydrogens is 357 g/mol. The van der Waals surface area contributed by atoms with E-state index < -0.39 is 0 Å². The predicted molar refractivity (Wildman–Crippen MR) is 106 cm³/mol. The molecule has 0 aliphatic carbocycles. The number of para-hydroxylation sites is 1. The van der Waals surface area contributed by atoms with Gasteiger partial charge in [-0.05, 0) is 30.3 Å². The average Bonchev–Trinajstić information content (AvgIpc) is 2.74. The van der Waals surface area contributed by atoms with Gasteiger partial charge in [0.1, 0.15) is 23.7 Å². The molecule has 1 aromatic heterocycles. The van der Waals surface area contributed by atoms with Crippen molar-refractivity contribution in [2.45, 2.75) is 0 Å². The number of nitrogens with one attached hydrogen (secondary N) is 1. The van der Waals surface area contributed by atoms with Gasteiger partial charge in [0.25, 0.3) is 5.91 Å². The second kappa shape index (κ2) is 8.04. The van der Waals surface area contributed by atoms with Gasteiger partial charge in [-0.2, -0.15) is 0 Å². The Morgan fingerprint density at radius 1 is 0.929 bits per heavy atom. The third-order valence-electron chi connectivity index (χ3n) is 4.67. The van der Waals surface area contributed by atoms with Crippen molar-refractivity contribution in [3.63, 3.8) is 0 Å². The molecule has 28 heavy (non-hydrogen) atoms. The Labute approximate surface area is 162 Å². The van der Waals surface area contributed by atoms with Crippen molar-refractivity contribution < 1.29 is 9.18 Å². The number of rotatable bonds is 4. The zero-order valence-electron chi connectivity index (χ0n) is 15.3. The Morgan fingerprint density at radius 2 is 1.71 bits per heavy atom. The topological polar surface area (TPSA) is 61.4 Å². The van der Waals surface area contributed by atoms with Gasteiger partial charge in [-0.3, -0.25) is 4.79 Å². The maximum atomic E-state index is 13.3. The van der Waals surface area contributed by atoms with E-state index in [1.165, 1.54) is 24.1 Å². The fraction of sp³-hybridized carbons (Fsp3) is 0.190. The van der Waals surface area contributed by atoms with Gasteiger partial charge in [0.2, 0.25) is 0 Å². The number of piperazine rings is 1. The monoisotopic (exact) mass is 377 g/mol. The Kier molecular flexibility index (Phi) is 5.14. The second-order valence-electron chi connectivity index (χ2n) is 6.54. The van der Waals surface area contributed by atoms with Crippen molar-refractivity contribution in [3.8, 4) is 0 Å². The number of carbonyl (C=O) groups excluding carboxylic acids is 1. The molecule has 6 nitrogen and oxygen atoms in total. The van der Waals surface area contributed by atoms with Crippen molar-refractivity contribution in [1.82, 2.24) is 14.9 Å². The van der Waals surface area contributed by atoms with Crippen LogP contribution in [0.2, 0.25) is 0 Å². The molecule has 7 heteroatoms. The van der Waals surface area contributed by atoms with Gasteiger partial charge in [0.15, 0.2) is 0 Å². The van der Waals surface area contributed by atoms with Crippen molar-refractivity contribution in [3.05, 3.63) is 78.5 Å². The molecule has 2 aromatic carbocycles. The van der Waals surface area contributed by atoms with Crippen LogP contribution in [0.3, 0.4) is 0 Å². The smallest absolute Gasteiger partial charge is 0.272 e. The second-order valence-corrected chi connectivity index (χ2v) is 6.54. The van der Waals surface area contributed by atoms with E-state index in [1.807, 2.05) is 18.2 Å². The molecule has 1 amide bonds. The number of anilines is 3. The molecule has 1 fully saturated rings. The van der Waals surface area contributed by atoms with E-state index in [-0.39, 0.29) is 11.7 Å². The molecule has 4 rings (SSSR count). The summed E-state index contributed by atoms with van der Waals surface area (Å²) < 4.78 is 13.3. The number of aromatic nitrogens is 2. The summed E-state index contributed by atoms with van der Waals surface area (Å²) in [6.45, 7) is 2.80. The van der Waals surface area contributed by atoms with Crippen LogP contribution >= 0.6 is 0 Å². The molecule has 142 valence electrons. The summed E-state index contributed by atoms with van der Waals surface area (Å²) in [6, 6.07) is 17.8. The fourth-order valence-corrected chi connectivity index (χ4v) is 3.23. The SMILES string of the molecule is O=C(c1cc(Nc2cccc(F)c2)ncn1)N1CCN(c2ccccc2)CC1. The summed E-state index contributed by atoms with van der Waals surface area (Å²) in [6.07, 6.45) is 1.34. The number of carbonyl (C=O) groups is 1.